The molecule has 2 unspecified atom stereocenters. The number of aliphatic hydroxyl groups excluding tert-OH is 4. The number of hydrogen-bond acceptors (Lipinski definition) is 10. The quantitative estimate of drug-likeness (QED) is 0.0279. The summed E-state index contributed by atoms with van der Waals surface area (Å²) >= 11 is 0. The van der Waals surface area contributed by atoms with Crippen molar-refractivity contribution in [2.45, 2.75) is 205 Å². The van der Waals surface area contributed by atoms with Crippen molar-refractivity contribution in [3.8, 4) is 0 Å². The van der Waals surface area contributed by atoms with Gasteiger partial charge in [-0.2, -0.15) is 0 Å². The lowest BCUT2D eigenvalue weighted by Gasteiger charge is -2.39. The van der Waals surface area contributed by atoms with Gasteiger partial charge in [-0.3, -0.25) is 9.59 Å². The summed E-state index contributed by atoms with van der Waals surface area (Å²) in [7, 11) is 0. The number of unbranched alkanes of at least 4 members (excludes halogenated alkanes) is 16. The average Bonchev–Trinajstić information content (AvgIpc) is 3.18. The molecule has 0 spiro atoms. The van der Waals surface area contributed by atoms with Crippen LogP contribution in [0.3, 0.4) is 0 Å². The molecule has 318 valence electrons. The Morgan fingerprint density at radius 1 is 0.582 bits per heavy atom. The molecular formula is C45H78O10. The van der Waals surface area contributed by atoms with E-state index < -0.39 is 55.4 Å². The molecule has 0 aliphatic carbocycles. The second-order valence-electron chi connectivity index (χ2n) is 14.8. The Morgan fingerprint density at radius 3 is 1.71 bits per heavy atom. The van der Waals surface area contributed by atoms with Crippen molar-refractivity contribution < 1.29 is 49.0 Å². The van der Waals surface area contributed by atoms with E-state index in [9.17, 15) is 30.0 Å². The predicted molar refractivity (Wildman–Crippen MR) is 219 cm³/mol. The first kappa shape index (κ1) is 50.7. The lowest BCUT2D eigenvalue weighted by Crippen LogP contribution is -2.59. The van der Waals surface area contributed by atoms with E-state index in [0.717, 1.165) is 64.2 Å². The van der Waals surface area contributed by atoms with Gasteiger partial charge in [0.1, 0.15) is 31.0 Å². The van der Waals surface area contributed by atoms with Crippen LogP contribution in [0.5, 0.6) is 0 Å². The summed E-state index contributed by atoms with van der Waals surface area (Å²) in [5, 5.41) is 40.0. The van der Waals surface area contributed by atoms with Gasteiger partial charge in [-0.15, -0.1) is 0 Å². The minimum atomic E-state index is -1.60. The van der Waals surface area contributed by atoms with Crippen LogP contribution in [-0.4, -0.2) is 89.0 Å². The van der Waals surface area contributed by atoms with Gasteiger partial charge in [-0.05, 0) is 57.8 Å². The highest BCUT2D eigenvalue weighted by Crippen LogP contribution is 2.22. The number of rotatable bonds is 35. The summed E-state index contributed by atoms with van der Waals surface area (Å²) in [6.45, 7) is 3.25. The van der Waals surface area contributed by atoms with Crippen LogP contribution in [0.2, 0.25) is 0 Å². The molecule has 1 heterocycles. The first-order chi connectivity index (χ1) is 26.8. The maximum absolute atomic E-state index is 12.7. The van der Waals surface area contributed by atoms with Crippen LogP contribution in [-0.2, 0) is 28.5 Å². The van der Waals surface area contributed by atoms with Crippen molar-refractivity contribution in [2.24, 2.45) is 0 Å². The van der Waals surface area contributed by atoms with Crippen molar-refractivity contribution in [1.82, 2.24) is 0 Å². The molecule has 10 nitrogen and oxygen atoms in total. The Labute approximate surface area is 333 Å². The molecule has 55 heavy (non-hydrogen) atoms. The fourth-order valence-corrected chi connectivity index (χ4v) is 6.28. The molecule has 1 aliphatic rings. The molecule has 1 saturated heterocycles. The van der Waals surface area contributed by atoms with Gasteiger partial charge >= 0.3 is 11.9 Å². The van der Waals surface area contributed by atoms with Gasteiger partial charge in [0, 0.05) is 12.8 Å². The minimum absolute atomic E-state index is 0.142. The molecule has 1 aliphatic heterocycles. The van der Waals surface area contributed by atoms with Gasteiger partial charge < -0.3 is 39.4 Å². The normalized spacial score (nSPS) is 21.0. The SMILES string of the molecule is CC/C=C/C/C=C/C/C=C/CCCCCCCC(=O)OC[C@@H](CO[C@H]1O[C@@H](CO)[C@@H](O)C(O)C1O)OC(=O)CC/C=C/CCCCCCCCCCCCC. The number of ether oxygens (including phenoxy) is 4. The lowest BCUT2D eigenvalue weighted by atomic mass is 9.99. The van der Waals surface area contributed by atoms with E-state index in [-0.39, 0.29) is 26.1 Å². The zero-order valence-corrected chi connectivity index (χ0v) is 34.4. The molecule has 0 amide bonds. The standard InChI is InChI=1S/C45H78O10/c1-3-5-7-9-11-13-15-17-19-21-23-25-27-29-31-33-40(47)52-36-38(37-53-45-44(51)43(50)42(49)39(35-46)55-45)54-41(48)34-32-30-28-26-24-22-20-18-16-14-12-10-8-6-4-2/h5,7,11,13,17,19,28,30,38-39,42-46,49-51H,3-4,6,8-10,12,14-16,18,20-27,29,31-37H2,1-2H3/b7-5+,13-11+,19-17+,30-28+/t38-,39-,42+,43?,44?,45-/m0/s1. The summed E-state index contributed by atoms with van der Waals surface area (Å²) in [5.41, 5.74) is 0. The third kappa shape index (κ3) is 27.8. The van der Waals surface area contributed by atoms with Gasteiger partial charge in [-0.25, -0.2) is 0 Å². The second kappa shape index (κ2) is 36.0. The Balaban J connectivity index is 2.38. The topological polar surface area (TPSA) is 152 Å². The largest absolute Gasteiger partial charge is 0.462 e. The number of aliphatic hydroxyl groups is 4. The molecule has 0 aromatic heterocycles. The summed E-state index contributed by atoms with van der Waals surface area (Å²) in [6, 6.07) is 0. The molecule has 0 bridgehead atoms. The van der Waals surface area contributed by atoms with Crippen LogP contribution in [0.1, 0.15) is 168 Å². The van der Waals surface area contributed by atoms with E-state index >= 15 is 0 Å². The zero-order valence-electron chi connectivity index (χ0n) is 34.4. The highest BCUT2D eigenvalue weighted by molar-refractivity contribution is 5.70. The predicted octanol–water partition coefficient (Wildman–Crippen LogP) is 8.88. The number of hydrogen-bond donors (Lipinski definition) is 4. The maximum atomic E-state index is 12.7. The van der Waals surface area contributed by atoms with Gasteiger partial charge in [-0.1, -0.05) is 146 Å². The van der Waals surface area contributed by atoms with Gasteiger partial charge in [0.05, 0.1) is 13.2 Å². The van der Waals surface area contributed by atoms with E-state index in [1.54, 1.807) is 0 Å². The first-order valence-electron chi connectivity index (χ1n) is 21.7. The van der Waals surface area contributed by atoms with Crippen LogP contribution in [0.25, 0.3) is 0 Å². The van der Waals surface area contributed by atoms with Crippen molar-refractivity contribution in [3.05, 3.63) is 48.6 Å². The Kier molecular flexibility index (Phi) is 33.2. The molecule has 0 radical (unpaired) electrons. The van der Waals surface area contributed by atoms with Crippen LogP contribution in [0, 0.1) is 0 Å². The highest BCUT2D eigenvalue weighted by atomic mass is 16.7. The number of carbonyl (C=O) groups excluding carboxylic acids is 2. The molecule has 1 fully saturated rings. The smallest absolute Gasteiger partial charge is 0.306 e. The molecular weight excluding hydrogens is 700 g/mol. The summed E-state index contributed by atoms with van der Waals surface area (Å²) in [6.07, 6.45) is 34.1. The molecule has 1 rings (SSSR count). The lowest BCUT2D eigenvalue weighted by molar-refractivity contribution is -0.305. The number of carbonyl (C=O) groups is 2. The molecule has 4 N–H and O–H groups in total. The summed E-state index contributed by atoms with van der Waals surface area (Å²) in [5.74, 6) is -0.885. The van der Waals surface area contributed by atoms with E-state index in [4.69, 9.17) is 18.9 Å². The Morgan fingerprint density at radius 2 is 1.11 bits per heavy atom. The molecule has 10 heteroatoms. The number of esters is 2. The molecule has 0 aromatic rings. The van der Waals surface area contributed by atoms with Gasteiger partial charge in [0.2, 0.25) is 0 Å². The minimum Gasteiger partial charge on any atom is -0.462 e. The van der Waals surface area contributed by atoms with Crippen molar-refractivity contribution in [1.29, 1.82) is 0 Å². The van der Waals surface area contributed by atoms with E-state index in [2.05, 4.69) is 56.4 Å². The fourth-order valence-electron chi connectivity index (χ4n) is 6.28. The summed E-state index contributed by atoms with van der Waals surface area (Å²) < 4.78 is 22.1. The van der Waals surface area contributed by atoms with Crippen molar-refractivity contribution >= 4 is 11.9 Å². The summed E-state index contributed by atoms with van der Waals surface area (Å²) in [4.78, 5) is 25.3. The van der Waals surface area contributed by atoms with E-state index in [0.29, 0.717) is 12.8 Å². The molecule has 6 atom stereocenters. The molecule has 0 aromatic carbocycles. The van der Waals surface area contributed by atoms with E-state index in [1.807, 2.05) is 6.08 Å². The first-order valence-corrected chi connectivity index (χ1v) is 21.7. The third-order valence-electron chi connectivity index (χ3n) is 9.71. The fraction of sp³-hybridized carbons (Fsp3) is 0.778. The molecule has 0 saturated carbocycles. The Bertz CT molecular complexity index is 1040. The third-order valence-corrected chi connectivity index (χ3v) is 9.71. The van der Waals surface area contributed by atoms with Gasteiger partial charge in [0.15, 0.2) is 12.4 Å². The Hall–Kier alpha value is -2.34. The van der Waals surface area contributed by atoms with E-state index in [1.165, 1.54) is 64.2 Å². The number of allylic oxidation sites excluding steroid dienone is 8. The van der Waals surface area contributed by atoms with Crippen molar-refractivity contribution in [2.75, 3.05) is 19.8 Å². The van der Waals surface area contributed by atoms with Crippen LogP contribution >= 0.6 is 0 Å². The van der Waals surface area contributed by atoms with Crippen LogP contribution in [0.15, 0.2) is 48.6 Å². The average molecular weight is 779 g/mol. The maximum Gasteiger partial charge on any atom is 0.306 e. The van der Waals surface area contributed by atoms with Crippen LogP contribution in [0.4, 0.5) is 0 Å². The highest BCUT2D eigenvalue weighted by Gasteiger charge is 2.44. The van der Waals surface area contributed by atoms with Crippen molar-refractivity contribution in [3.63, 3.8) is 0 Å². The second-order valence-corrected chi connectivity index (χ2v) is 14.8. The van der Waals surface area contributed by atoms with Gasteiger partial charge in [0.25, 0.3) is 0 Å². The monoisotopic (exact) mass is 779 g/mol. The zero-order chi connectivity index (χ0) is 40.2. The van der Waals surface area contributed by atoms with Crippen LogP contribution < -0.4 is 0 Å².